The van der Waals surface area contributed by atoms with Crippen molar-refractivity contribution in [3.05, 3.63) is 98.5 Å². The molecule has 7 nitrogen and oxygen atoms in total. The van der Waals surface area contributed by atoms with Crippen molar-refractivity contribution >= 4 is 0 Å². The molecular formula is C25H22FN3O4. The Morgan fingerprint density at radius 1 is 1.15 bits per heavy atom. The Morgan fingerprint density at radius 2 is 1.88 bits per heavy atom. The first-order valence-electron chi connectivity index (χ1n) is 10.2. The number of ether oxygens (including phenoxy) is 3. The van der Waals surface area contributed by atoms with Crippen molar-refractivity contribution in [2.45, 2.75) is 19.4 Å². The van der Waals surface area contributed by atoms with Gasteiger partial charge in [0.15, 0.2) is 11.5 Å². The van der Waals surface area contributed by atoms with E-state index in [9.17, 15) is 14.4 Å². The van der Waals surface area contributed by atoms with E-state index >= 15 is 0 Å². The van der Waals surface area contributed by atoms with E-state index in [2.05, 4.69) is 0 Å². The normalized spacial score (nSPS) is 14.8. The summed E-state index contributed by atoms with van der Waals surface area (Å²) in [5.41, 5.74) is 7.34. The molecule has 0 radical (unpaired) electrons. The van der Waals surface area contributed by atoms with Gasteiger partial charge in [0, 0.05) is 17.3 Å². The van der Waals surface area contributed by atoms with Crippen molar-refractivity contribution in [2.24, 2.45) is 5.73 Å². The van der Waals surface area contributed by atoms with Crippen LogP contribution in [-0.4, -0.2) is 18.8 Å². The summed E-state index contributed by atoms with van der Waals surface area (Å²) < 4.78 is 32.6. The molecule has 3 aromatic rings. The van der Waals surface area contributed by atoms with E-state index in [-0.39, 0.29) is 34.9 Å². The number of methoxy groups -OCH3 is 2. The molecule has 0 bridgehead atoms. The Morgan fingerprint density at radius 3 is 2.55 bits per heavy atom. The molecule has 0 aliphatic carbocycles. The second kappa shape index (κ2) is 8.71. The number of halogens is 1. The molecule has 4 rings (SSSR count). The fourth-order valence-corrected chi connectivity index (χ4v) is 4.06. The highest BCUT2D eigenvalue weighted by Gasteiger charge is 2.35. The summed E-state index contributed by atoms with van der Waals surface area (Å²) in [6.07, 6.45) is 0. The fourth-order valence-electron chi connectivity index (χ4n) is 4.06. The fraction of sp³-hybridized carbons (Fsp3) is 0.200. The summed E-state index contributed by atoms with van der Waals surface area (Å²) >= 11 is 0. The molecule has 0 fully saturated rings. The standard InChI is InChI=1S/C25H22FN3O4/c1-14-10-21-23(22(17(12-27)24(28)33-21)16-6-4-5-7-18(16)26)25(30)29(14)13-15-8-9-19(31-2)20(11-15)32-3/h4-11,22H,13,28H2,1-3H3/t22-/m1/s1. The zero-order chi connectivity index (χ0) is 23.7. The first-order valence-corrected chi connectivity index (χ1v) is 10.2. The summed E-state index contributed by atoms with van der Waals surface area (Å²) in [6, 6.07) is 15.1. The number of nitrogens with two attached hydrogens (primary N) is 1. The Hall–Kier alpha value is -4.25. The quantitative estimate of drug-likeness (QED) is 0.642. The minimum atomic E-state index is -0.982. The number of pyridine rings is 1. The van der Waals surface area contributed by atoms with Crippen LogP contribution in [0.1, 0.15) is 28.3 Å². The number of nitrogens with zero attached hydrogens (tertiary/aromatic N) is 2. The Labute approximate surface area is 190 Å². The third kappa shape index (κ3) is 3.78. The van der Waals surface area contributed by atoms with Crippen molar-refractivity contribution in [2.75, 3.05) is 14.2 Å². The van der Waals surface area contributed by atoms with Gasteiger partial charge in [-0.15, -0.1) is 0 Å². The monoisotopic (exact) mass is 447 g/mol. The number of rotatable bonds is 5. The molecule has 2 N–H and O–H groups in total. The number of hydrogen-bond donors (Lipinski definition) is 1. The largest absolute Gasteiger partial charge is 0.493 e. The number of fused-ring (bicyclic) bond motifs is 1. The van der Waals surface area contributed by atoms with E-state index in [4.69, 9.17) is 19.9 Å². The molecule has 0 spiro atoms. The predicted molar refractivity (Wildman–Crippen MR) is 120 cm³/mol. The van der Waals surface area contributed by atoms with E-state index in [1.165, 1.54) is 19.2 Å². The molecule has 1 aliphatic rings. The first kappa shape index (κ1) is 22.0. The van der Waals surface area contributed by atoms with Crippen molar-refractivity contribution in [3.63, 3.8) is 0 Å². The molecule has 8 heteroatoms. The Kier molecular flexibility index (Phi) is 5.80. The van der Waals surface area contributed by atoms with Gasteiger partial charge in [-0.3, -0.25) is 4.79 Å². The molecule has 2 aromatic carbocycles. The number of nitriles is 1. The Balaban J connectivity index is 1.89. The SMILES string of the molecule is COc1ccc(Cn2c(C)cc3c(c2=O)[C@H](c2ccccc2F)C(C#N)=C(N)O3)cc1OC. The molecular weight excluding hydrogens is 425 g/mol. The van der Waals surface area contributed by atoms with Gasteiger partial charge in [-0.25, -0.2) is 4.39 Å². The molecule has 0 unspecified atom stereocenters. The van der Waals surface area contributed by atoms with Crippen LogP contribution in [0.4, 0.5) is 4.39 Å². The second-order valence-electron chi connectivity index (χ2n) is 7.59. The van der Waals surface area contributed by atoms with Crippen LogP contribution >= 0.6 is 0 Å². The number of aromatic nitrogens is 1. The lowest BCUT2D eigenvalue weighted by Crippen LogP contribution is -2.33. The van der Waals surface area contributed by atoms with E-state index < -0.39 is 17.3 Å². The van der Waals surface area contributed by atoms with Crippen molar-refractivity contribution < 1.29 is 18.6 Å². The van der Waals surface area contributed by atoms with Gasteiger partial charge < -0.3 is 24.5 Å². The van der Waals surface area contributed by atoms with Gasteiger partial charge >= 0.3 is 0 Å². The topological polar surface area (TPSA) is 99.5 Å². The smallest absolute Gasteiger partial charge is 0.259 e. The van der Waals surface area contributed by atoms with Gasteiger partial charge in [0.2, 0.25) is 5.88 Å². The zero-order valence-electron chi connectivity index (χ0n) is 18.4. The first-order chi connectivity index (χ1) is 15.9. The maximum absolute atomic E-state index is 14.8. The van der Waals surface area contributed by atoms with Gasteiger partial charge in [-0.1, -0.05) is 24.3 Å². The van der Waals surface area contributed by atoms with Gasteiger partial charge in [0.25, 0.3) is 5.56 Å². The van der Waals surface area contributed by atoms with Gasteiger partial charge in [-0.05, 0) is 30.7 Å². The maximum Gasteiger partial charge on any atom is 0.259 e. The minimum absolute atomic E-state index is 0.00813. The lowest BCUT2D eigenvalue weighted by Gasteiger charge is -2.27. The number of benzene rings is 2. The summed E-state index contributed by atoms with van der Waals surface area (Å²) in [7, 11) is 3.08. The third-order valence-electron chi connectivity index (χ3n) is 5.69. The van der Waals surface area contributed by atoms with Gasteiger partial charge in [0.05, 0.1) is 32.2 Å². The molecule has 0 saturated carbocycles. The van der Waals surface area contributed by atoms with E-state index in [0.29, 0.717) is 17.2 Å². The van der Waals surface area contributed by atoms with Crippen LogP contribution in [0.25, 0.3) is 0 Å². The molecule has 1 atom stereocenters. The number of aryl methyl sites for hydroxylation is 1. The van der Waals surface area contributed by atoms with E-state index in [1.807, 2.05) is 12.1 Å². The highest BCUT2D eigenvalue weighted by Crippen LogP contribution is 2.41. The van der Waals surface area contributed by atoms with Crippen molar-refractivity contribution in [1.82, 2.24) is 4.57 Å². The summed E-state index contributed by atoms with van der Waals surface area (Å²) in [4.78, 5) is 13.7. The lowest BCUT2D eigenvalue weighted by molar-refractivity contribution is 0.354. The molecule has 2 heterocycles. The molecule has 1 aliphatic heterocycles. The van der Waals surface area contributed by atoms with E-state index in [1.54, 1.807) is 48.9 Å². The average Bonchev–Trinajstić information content (AvgIpc) is 2.81. The van der Waals surface area contributed by atoms with Crippen LogP contribution in [-0.2, 0) is 6.54 Å². The summed E-state index contributed by atoms with van der Waals surface area (Å²) in [5.74, 6) is -0.343. The highest BCUT2D eigenvalue weighted by atomic mass is 19.1. The highest BCUT2D eigenvalue weighted by molar-refractivity contribution is 5.55. The number of allylic oxidation sites excluding steroid dienone is 1. The lowest BCUT2D eigenvalue weighted by atomic mass is 9.83. The van der Waals surface area contributed by atoms with Gasteiger partial charge in [-0.2, -0.15) is 5.26 Å². The molecule has 1 aromatic heterocycles. The summed E-state index contributed by atoms with van der Waals surface area (Å²) in [5, 5.41) is 9.74. The minimum Gasteiger partial charge on any atom is -0.493 e. The van der Waals surface area contributed by atoms with Crippen LogP contribution < -0.4 is 25.5 Å². The second-order valence-corrected chi connectivity index (χ2v) is 7.59. The van der Waals surface area contributed by atoms with E-state index in [0.717, 1.165) is 5.56 Å². The van der Waals surface area contributed by atoms with Crippen molar-refractivity contribution in [3.8, 4) is 23.3 Å². The van der Waals surface area contributed by atoms with Crippen LogP contribution in [0.5, 0.6) is 17.2 Å². The molecule has 168 valence electrons. The van der Waals surface area contributed by atoms with Crippen LogP contribution in [0, 0.1) is 24.1 Å². The van der Waals surface area contributed by atoms with Gasteiger partial charge in [0.1, 0.15) is 23.2 Å². The number of hydrogen-bond acceptors (Lipinski definition) is 6. The summed E-state index contributed by atoms with van der Waals surface area (Å²) in [6.45, 7) is 1.99. The molecule has 33 heavy (non-hydrogen) atoms. The maximum atomic E-state index is 14.8. The zero-order valence-corrected chi connectivity index (χ0v) is 18.4. The van der Waals surface area contributed by atoms with Crippen LogP contribution in [0.15, 0.2) is 64.8 Å². The predicted octanol–water partition coefficient (Wildman–Crippen LogP) is 3.58. The molecule has 0 saturated heterocycles. The average molecular weight is 447 g/mol. The Bertz CT molecular complexity index is 1370. The van der Waals surface area contributed by atoms with Crippen LogP contribution in [0.3, 0.4) is 0 Å². The molecule has 0 amide bonds. The van der Waals surface area contributed by atoms with Crippen LogP contribution in [0.2, 0.25) is 0 Å². The van der Waals surface area contributed by atoms with Crippen molar-refractivity contribution in [1.29, 1.82) is 5.26 Å². The third-order valence-corrected chi connectivity index (χ3v) is 5.69.